The molecular formula is C39H47ClN6O6. The number of aromatic nitrogens is 2. The molecule has 1 unspecified atom stereocenters. The van der Waals surface area contributed by atoms with Gasteiger partial charge in [0, 0.05) is 46.8 Å². The van der Waals surface area contributed by atoms with Gasteiger partial charge >= 0.3 is 11.8 Å². The summed E-state index contributed by atoms with van der Waals surface area (Å²) in [7, 11) is 0. The molecule has 276 valence electrons. The molecule has 0 bridgehead atoms. The zero-order chi connectivity index (χ0) is 37.6. The Bertz CT molecular complexity index is 1970. The maximum atomic E-state index is 13.8. The lowest BCUT2D eigenvalue weighted by molar-refractivity contribution is -0.130. The Morgan fingerprint density at radius 2 is 1.58 bits per heavy atom. The number of carbonyl (C=O) groups excluding carboxylic acids is 4. The van der Waals surface area contributed by atoms with E-state index >= 15 is 0 Å². The number of benzene rings is 3. The van der Waals surface area contributed by atoms with Crippen LogP contribution in [0.15, 0.2) is 65.5 Å². The number of ether oxygens (including phenoxy) is 1. The van der Waals surface area contributed by atoms with Crippen LogP contribution in [0.3, 0.4) is 0 Å². The Kier molecular flexibility index (Phi) is 12.1. The first kappa shape index (κ1) is 38.1. The molecule has 1 fully saturated rings. The molecule has 4 aromatic rings. The third-order valence-corrected chi connectivity index (χ3v) is 9.24. The minimum Gasteiger partial charge on any atom is -0.444 e. The second kappa shape index (κ2) is 16.5. The molecule has 5 rings (SSSR count). The van der Waals surface area contributed by atoms with E-state index in [1.807, 2.05) is 58.9 Å². The van der Waals surface area contributed by atoms with Crippen LogP contribution in [0.25, 0.3) is 22.2 Å². The zero-order valence-corrected chi connectivity index (χ0v) is 30.9. The van der Waals surface area contributed by atoms with Gasteiger partial charge in [-0.3, -0.25) is 14.4 Å². The Labute approximate surface area is 307 Å². The minimum absolute atomic E-state index is 0.00242. The molecular weight excluding hydrogens is 684 g/mol. The molecule has 52 heavy (non-hydrogen) atoms. The highest BCUT2D eigenvalue weighted by atomic mass is 35.5. The summed E-state index contributed by atoms with van der Waals surface area (Å²) in [5.74, 6) is -0.845. The third kappa shape index (κ3) is 10.5. The molecule has 4 amide bonds. The lowest BCUT2D eigenvalue weighted by atomic mass is 9.81. The zero-order valence-electron chi connectivity index (χ0n) is 30.2. The number of hydrogen-bond acceptors (Lipinski definition) is 6. The van der Waals surface area contributed by atoms with Gasteiger partial charge in [0.15, 0.2) is 0 Å². The van der Waals surface area contributed by atoms with E-state index in [0.717, 1.165) is 29.5 Å². The van der Waals surface area contributed by atoms with Crippen molar-refractivity contribution in [1.29, 1.82) is 0 Å². The van der Waals surface area contributed by atoms with E-state index in [9.17, 15) is 24.0 Å². The Morgan fingerprint density at radius 1 is 0.885 bits per heavy atom. The number of anilines is 1. The van der Waals surface area contributed by atoms with Crippen LogP contribution in [0.1, 0.15) is 76.2 Å². The van der Waals surface area contributed by atoms with Gasteiger partial charge in [0.2, 0.25) is 11.8 Å². The number of rotatable bonds is 11. The average Bonchev–Trinajstić information content (AvgIpc) is 3.45. The summed E-state index contributed by atoms with van der Waals surface area (Å²) in [6, 6.07) is 16.9. The fourth-order valence-corrected chi connectivity index (χ4v) is 6.59. The molecule has 1 heterocycles. The van der Waals surface area contributed by atoms with Gasteiger partial charge in [0.1, 0.15) is 11.6 Å². The Balaban J connectivity index is 1.26. The van der Waals surface area contributed by atoms with Crippen molar-refractivity contribution in [1.82, 2.24) is 25.9 Å². The van der Waals surface area contributed by atoms with Crippen molar-refractivity contribution in [3.05, 3.63) is 87.3 Å². The summed E-state index contributed by atoms with van der Waals surface area (Å²) in [6.45, 7) is 9.70. The lowest BCUT2D eigenvalue weighted by Crippen LogP contribution is -2.48. The maximum absolute atomic E-state index is 13.8. The fraction of sp³-hybridized carbons (Fsp3) is 0.410. The second-order valence-corrected chi connectivity index (χ2v) is 15.1. The number of amides is 4. The lowest BCUT2D eigenvalue weighted by Gasteiger charge is -2.29. The van der Waals surface area contributed by atoms with Crippen LogP contribution in [-0.4, -0.2) is 58.0 Å². The quantitative estimate of drug-likeness (QED) is 0.105. The molecule has 0 spiro atoms. The van der Waals surface area contributed by atoms with E-state index in [4.69, 9.17) is 16.3 Å². The molecule has 3 aromatic carbocycles. The monoisotopic (exact) mass is 730 g/mol. The summed E-state index contributed by atoms with van der Waals surface area (Å²) in [6.07, 6.45) is 2.54. The van der Waals surface area contributed by atoms with Gasteiger partial charge in [0.05, 0.1) is 11.0 Å². The van der Waals surface area contributed by atoms with Gasteiger partial charge in [0.25, 0.3) is 5.91 Å². The van der Waals surface area contributed by atoms with Crippen molar-refractivity contribution in [3.63, 3.8) is 0 Å². The smallest absolute Gasteiger partial charge is 0.407 e. The second-order valence-electron chi connectivity index (χ2n) is 14.7. The summed E-state index contributed by atoms with van der Waals surface area (Å²) < 4.78 is 5.34. The van der Waals surface area contributed by atoms with Crippen LogP contribution in [-0.2, 0) is 20.7 Å². The molecule has 1 aromatic heterocycles. The average molecular weight is 731 g/mol. The van der Waals surface area contributed by atoms with Crippen LogP contribution >= 0.6 is 11.6 Å². The number of H-pyrrole nitrogens is 2. The number of carbonyl (C=O) groups is 4. The maximum Gasteiger partial charge on any atom is 0.407 e. The number of hydrogen-bond donors (Lipinski definition) is 6. The van der Waals surface area contributed by atoms with Crippen LogP contribution < -0.4 is 27.0 Å². The normalized spacial score (nSPS) is 16.6. The van der Waals surface area contributed by atoms with Gasteiger partial charge in [-0.2, -0.15) is 0 Å². The highest BCUT2D eigenvalue weighted by Crippen LogP contribution is 2.31. The highest BCUT2D eigenvalue weighted by molar-refractivity contribution is 6.33. The van der Waals surface area contributed by atoms with E-state index < -0.39 is 23.6 Å². The number of fused-ring (bicyclic) bond motifs is 1. The van der Waals surface area contributed by atoms with Crippen molar-refractivity contribution in [2.24, 2.45) is 11.8 Å². The number of imidazole rings is 1. The van der Waals surface area contributed by atoms with Crippen LogP contribution in [0, 0.1) is 11.8 Å². The largest absolute Gasteiger partial charge is 0.444 e. The molecule has 1 atom stereocenters. The molecule has 6 N–H and O–H groups in total. The predicted molar refractivity (Wildman–Crippen MR) is 202 cm³/mol. The first-order valence-electron chi connectivity index (χ1n) is 17.6. The Morgan fingerprint density at radius 3 is 2.23 bits per heavy atom. The van der Waals surface area contributed by atoms with E-state index in [-0.39, 0.29) is 41.8 Å². The van der Waals surface area contributed by atoms with Crippen molar-refractivity contribution in [3.8, 4) is 11.1 Å². The summed E-state index contributed by atoms with van der Waals surface area (Å²) in [4.78, 5) is 69.0. The predicted octanol–water partition coefficient (Wildman–Crippen LogP) is 6.31. The molecule has 12 nitrogen and oxygen atoms in total. The topological polar surface area (TPSA) is 174 Å². The summed E-state index contributed by atoms with van der Waals surface area (Å²) in [5, 5.41) is 12.0. The van der Waals surface area contributed by atoms with Crippen LogP contribution in [0.4, 0.5) is 10.5 Å². The first-order chi connectivity index (χ1) is 24.6. The first-order valence-corrected chi connectivity index (χ1v) is 18.0. The van der Waals surface area contributed by atoms with Gasteiger partial charge in [-0.05, 0) is 108 Å². The summed E-state index contributed by atoms with van der Waals surface area (Å²) >= 11 is 6.59. The number of aromatic amines is 2. The van der Waals surface area contributed by atoms with Gasteiger partial charge in [-0.15, -0.1) is 0 Å². The van der Waals surface area contributed by atoms with Crippen LogP contribution in [0.5, 0.6) is 0 Å². The third-order valence-electron chi connectivity index (χ3n) is 8.92. The van der Waals surface area contributed by atoms with Gasteiger partial charge in [-0.25, -0.2) is 9.59 Å². The van der Waals surface area contributed by atoms with Gasteiger partial charge in [-0.1, -0.05) is 41.9 Å². The minimum atomic E-state index is -0.895. The van der Waals surface area contributed by atoms with Gasteiger partial charge < -0.3 is 36.0 Å². The molecule has 0 radical (unpaired) electrons. The fourth-order valence-electron chi connectivity index (χ4n) is 6.30. The van der Waals surface area contributed by atoms with Crippen molar-refractivity contribution in [2.45, 2.75) is 84.4 Å². The number of halogens is 1. The van der Waals surface area contributed by atoms with Crippen molar-refractivity contribution in [2.75, 3.05) is 11.9 Å². The molecule has 13 heteroatoms. The standard InChI is InChI=1S/C39H47ClN6O6/c1-22(2)42-35(48)27-14-16-29(30(40)19-27)25-10-6-23(7-11-25)18-33(36(49)43-28-15-17-31-32(20-28)46-37(50)45-31)44-34(47)26-12-8-24(9-13-26)21-41-38(51)52-39(3,4)5/h6-7,10-11,14-17,19-20,22,24,26,33H,8-9,12-13,18,21H2,1-5H3,(H,41,51)(H,42,48)(H,43,49)(H,44,47)(H2,45,46,50)/t24-,26-,33?. The molecule has 1 aliphatic carbocycles. The number of alkyl carbamates (subject to hydrolysis) is 1. The Hall–Kier alpha value is -5.10. The van der Waals surface area contributed by atoms with E-state index in [0.29, 0.717) is 46.7 Å². The van der Waals surface area contributed by atoms with E-state index in [2.05, 4.69) is 31.2 Å². The SMILES string of the molecule is CC(C)NC(=O)c1ccc(-c2ccc(CC(NC(=O)[C@H]3CC[C@H](CNC(=O)OC(C)(C)C)CC3)C(=O)Nc3ccc4[nH]c(=O)[nH]c4c3)cc2)c(Cl)c1. The molecule has 0 saturated heterocycles. The van der Waals surface area contributed by atoms with Crippen molar-refractivity contribution < 1.29 is 23.9 Å². The van der Waals surface area contributed by atoms with E-state index in [1.165, 1.54) is 0 Å². The molecule has 1 saturated carbocycles. The molecule has 0 aliphatic heterocycles. The van der Waals surface area contributed by atoms with E-state index in [1.54, 1.807) is 36.4 Å². The van der Waals surface area contributed by atoms with Crippen LogP contribution in [0.2, 0.25) is 5.02 Å². The number of nitrogens with one attached hydrogen (secondary N) is 6. The molecule has 1 aliphatic rings. The highest BCUT2D eigenvalue weighted by Gasteiger charge is 2.30. The summed E-state index contributed by atoms with van der Waals surface area (Å²) in [5.41, 5.74) is 3.58. The van der Waals surface area contributed by atoms with Crippen molar-refractivity contribution >= 4 is 52.1 Å².